The Hall–Kier alpha value is -1.11. The number of aliphatic hydroxyl groups is 1. The van der Waals surface area contributed by atoms with E-state index in [1.54, 1.807) is 7.11 Å². The van der Waals surface area contributed by atoms with E-state index in [9.17, 15) is 0 Å². The van der Waals surface area contributed by atoms with Crippen LogP contribution >= 0.6 is 11.6 Å². The maximum atomic E-state index is 8.66. The van der Waals surface area contributed by atoms with Gasteiger partial charge in [-0.2, -0.15) is 0 Å². The molecule has 0 radical (unpaired) electrons. The van der Waals surface area contributed by atoms with Crippen molar-refractivity contribution in [2.75, 3.05) is 31.3 Å². The molecule has 1 rings (SSSR count). The third-order valence-electron chi connectivity index (χ3n) is 1.85. The van der Waals surface area contributed by atoms with Crippen LogP contribution in [0.5, 0.6) is 0 Å². The van der Waals surface area contributed by atoms with Crippen LogP contribution in [-0.2, 0) is 11.3 Å². The molecule has 0 atom stereocenters. The molecule has 0 aliphatic rings. The molecule has 16 heavy (non-hydrogen) atoms. The van der Waals surface area contributed by atoms with Crippen molar-refractivity contribution in [2.45, 2.75) is 13.0 Å². The van der Waals surface area contributed by atoms with Crippen molar-refractivity contribution >= 4 is 23.1 Å². The molecule has 1 heterocycles. The summed E-state index contributed by atoms with van der Waals surface area (Å²) in [6, 6.07) is 0. The second-order valence-electron chi connectivity index (χ2n) is 3.13. The molecular weight excluding hydrogens is 232 g/mol. The lowest BCUT2D eigenvalue weighted by Crippen LogP contribution is -2.11. The molecule has 0 fully saturated rings. The number of anilines is 2. The van der Waals surface area contributed by atoms with Gasteiger partial charge in [-0.15, -0.1) is 0 Å². The predicted octanol–water partition coefficient (Wildman–Crippen LogP) is 0.653. The van der Waals surface area contributed by atoms with Gasteiger partial charge in [0.15, 0.2) is 16.8 Å². The first-order chi connectivity index (χ1) is 7.69. The van der Waals surface area contributed by atoms with E-state index >= 15 is 0 Å². The number of rotatable bonds is 6. The Morgan fingerprint density at radius 1 is 1.50 bits per heavy atom. The molecular formula is C9H15ClN4O2. The highest BCUT2D eigenvalue weighted by Gasteiger charge is 2.09. The molecule has 6 nitrogen and oxygen atoms in total. The zero-order chi connectivity index (χ0) is 12.0. The largest absolute Gasteiger partial charge is 0.396 e. The van der Waals surface area contributed by atoms with E-state index in [4.69, 9.17) is 27.2 Å². The zero-order valence-electron chi connectivity index (χ0n) is 9.03. The van der Waals surface area contributed by atoms with Crippen molar-refractivity contribution < 1.29 is 9.84 Å². The smallest absolute Gasteiger partial charge is 0.158 e. The highest BCUT2D eigenvalue weighted by molar-refractivity contribution is 6.32. The minimum Gasteiger partial charge on any atom is -0.396 e. The van der Waals surface area contributed by atoms with Gasteiger partial charge in [-0.25, -0.2) is 9.97 Å². The molecule has 0 aromatic carbocycles. The number of halogens is 1. The van der Waals surface area contributed by atoms with Gasteiger partial charge in [-0.1, -0.05) is 11.6 Å². The fraction of sp³-hybridized carbons (Fsp3) is 0.556. The maximum absolute atomic E-state index is 8.66. The summed E-state index contributed by atoms with van der Waals surface area (Å²) < 4.78 is 4.91. The number of aliphatic hydroxyl groups excluding tert-OH is 1. The number of methoxy groups -OCH3 is 1. The number of ether oxygens (including phenoxy) is 1. The third kappa shape index (κ3) is 3.48. The monoisotopic (exact) mass is 246 g/mol. The molecule has 0 saturated heterocycles. The lowest BCUT2D eigenvalue weighted by atomic mass is 10.4. The molecule has 0 saturated carbocycles. The second kappa shape index (κ2) is 6.47. The lowest BCUT2D eigenvalue weighted by molar-refractivity contribution is 0.178. The fourth-order valence-corrected chi connectivity index (χ4v) is 1.29. The van der Waals surface area contributed by atoms with E-state index in [2.05, 4.69) is 15.3 Å². The number of hydrogen-bond acceptors (Lipinski definition) is 6. The first-order valence-electron chi connectivity index (χ1n) is 4.84. The minimum absolute atomic E-state index is 0.108. The van der Waals surface area contributed by atoms with E-state index in [0.717, 1.165) is 0 Å². The van der Waals surface area contributed by atoms with Crippen LogP contribution in [0.25, 0.3) is 0 Å². The van der Waals surface area contributed by atoms with Crippen LogP contribution in [0.4, 0.5) is 11.5 Å². The van der Waals surface area contributed by atoms with Crippen molar-refractivity contribution in [1.29, 1.82) is 0 Å². The summed E-state index contributed by atoms with van der Waals surface area (Å²) in [6.07, 6.45) is 0.612. The summed E-state index contributed by atoms with van der Waals surface area (Å²) in [6.45, 7) is 0.950. The number of hydrogen-bond donors (Lipinski definition) is 3. The predicted molar refractivity (Wildman–Crippen MR) is 62.4 cm³/mol. The quantitative estimate of drug-likeness (QED) is 0.504. The highest BCUT2D eigenvalue weighted by Crippen LogP contribution is 2.23. The zero-order valence-corrected chi connectivity index (χ0v) is 9.79. The molecule has 1 aromatic heterocycles. The van der Waals surface area contributed by atoms with Gasteiger partial charge >= 0.3 is 0 Å². The van der Waals surface area contributed by atoms with Gasteiger partial charge in [-0.3, -0.25) is 0 Å². The van der Waals surface area contributed by atoms with Crippen LogP contribution < -0.4 is 11.1 Å². The molecule has 1 aromatic rings. The van der Waals surface area contributed by atoms with Gasteiger partial charge in [0.25, 0.3) is 0 Å². The molecule has 0 aliphatic carbocycles. The average Bonchev–Trinajstić information content (AvgIpc) is 2.25. The Balaban J connectivity index is 2.79. The maximum Gasteiger partial charge on any atom is 0.158 e. The van der Waals surface area contributed by atoms with E-state index in [1.165, 1.54) is 0 Å². The minimum atomic E-state index is 0.108. The Bertz CT molecular complexity index is 349. The van der Waals surface area contributed by atoms with Gasteiger partial charge in [-0.05, 0) is 6.42 Å². The van der Waals surface area contributed by atoms with E-state index in [0.29, 0.717) is 30.3 Å². The second-order valence-corrected chi connectivity index (χ2v) is 3.49. The summed E-state index contributed by atoms with van der Waals surface area (Å²) in [5.74, 6) is 0.939. The van der Waals surface area contributed by atoms with E-state index < -0.39 is 0 Å². The topological polar surface area (TPSA) is 93.3 Å². The summed E-state index contributed by atoms with van der Waals surface area (Å²) in [7, 11) is 1.55. The van der Waals surface area contributed by atoms with Gasteiger partial charge in [0.2, 0.25) is 0 Å². The Labute approximate surface area is 98.8 Å². The van der Waals surface area contributed by atoms with E-state index in [-0.39, 0.29) is 18.4 Å². The molecule has 0 spiro atoms. The summed E-state index contributed by atoms with van der Waals surface area (Å²) in [5.41, 5.74) is 6.01. The first-order valence-corrected chi connectivity index (χ1v) is 5.22. The summed E-state index contributed by atoms with van der Waals surface area (Å²) in [4.78, 5) is 8.12. The molecule has 0 unspecified atom stereocenters. The Kier molecular flexibility index (Phi) is 5.24. The molecule has 7 heteroatoms. The number of nitrogens with one attached hydrogen (secondary N) is 1. The molecule has 0 amide bonds. The van der Waals surface area contributed by atoms with Crippen molar-refractivity contribution in [1.82, 2.24) is 9.97 Å². The number of aromatic nitrogens is 2. The molecule has 90 valence electrons. The first kappa shape index (κ1) is 13.0. The average molecular weight is 247 g/mol. The van der Waals surface area contributed by atoms with Crippen molar-refractivity contribution in [3.63, 3.8) is 0 Å². The van der Waals surface area contributed by atoms with Crippen molar-refractivity contribution in [3.8, 4) is 0 Å². The third-order valence-corrected chi connectivity index (χ3v) is 2.13. The standard InChI is InChI=1S/C9H15ClN4O2/c1-16-5-6-13-8(10)7(11)9(14-6)12-3-2-4-15/h15H,2-5,11H2,1H3,(H,12,13,14). The SMILES string of the molecule is COCc1nc(Cl)c(N)c(NCCCO)n1. The Morgan fingerprint density at radius 3 is 2.88 bits per heavy atom. The van der Waals surface area contributed by atoms with Crippen LogP contribution in [-0.4, -0.2) is 35.3 Å². The summed E-state index contributed by atoms with van der Waals surface area (Å²) >= 11 is 5.85. The Morgan fingerprint density at radius 2 is 2.25 bits per heavy atom. The molecule has 4 N–H and O–H groups in total. The van der Waals surface area contributed by atoms with Crippen LogP contribution in [0.2, 0.25) is 5.15 Å². The van der Waals surface area contributed by atoms with Crippen LogP contribution in [0, 0.1) is 0 Å². The lowest BCUT2D eigenvalue weighted by Gasteiger charge is -2.10. The fourth-order valence-electron chi connectivity index (χ4n) is 1.10. The van der Waals surface area contributed by atoms with Crippen LogP contribution in [0.3, 0.4) is 0 Å². The highest BCUT2D eigenvalue weighted by atomic mass is 35.5. The molecule has 0 bridgehead atoms. The summed E-state index contributed by atoms with van der Waals surface area (Å²) in [5, 5.41) is 11.8. The van der Waals surface area contributed by atoms with Crippen LogP contribution in [0.1, 0.15) is 12.2 Å². The van der Waals surface area contributed by atoms with Crippen molar-refractivity contribution in [2.24, 2.45) is 0 Å². The number of nitrogens with zero attached hydrogens (tertiary/aromatic N) is 2. The number of nitrogen functional groups attached to an aromatic ring is 1. The van der Waals surface area contributed by atoms with Gasteiger partial charge in [0.05, 0.1) is 0 Å². The van der Waals surface area contributed by atoms with E-state index in [1.807, 2.05) is 0 Å². The van der Waals surface area contributed by atoms with Gasteiger partial charge in [0, 0.05) is 20.3 Å². The normalized spacial score (nSPS) is 10.4. The van der Waals surface area contributed by atoms with Gasteiger partial charge < -0.3 is 20.9 Å². The number of nitrogens with two attached hydrogens (primary N) is 1. The van der Waals surface area contributed by atoms with Crippen LogP contribution in [0.15, 0.2) is 0 Å². The van der Waals surface area contributed by atoms with Gasteiger partial charge in [0.1, 0.15) is 12.3 Å². The molecule has 0 aliphatic heterocycles. The van der Waals surface area contributed by atoms with Crippen molar-refractivity contribution in [3.05, 3.63) is 11.0 Å².